The van der Waals surface area contributed by atoms with Gasteiger partial charge in [-0.05, 0) is 48.2 Å². The summed E-state index contributed by atoms with van der Waals surface area (Å²) < 4.78 is 27.7. The second-order valence-electron chi connectivity index (χ2n) is 8.88. The summed E-state index contributed by atoms with van der Waals surface area (Å²) in [4.78, 5) is 0. The molecule has 7 atom stereocenters. The lowest BCUT2D eigenvalue weighted by Gasteiger charge is -2.40. The van der Waals surface area contributed by atoms with Crippen LogP contribution in [0.25, 0.3) is 0 Å². The Kier molecular flexibility index (Phi) is 10.9. The van der Waals surface area contributed by atoms with Crippen molar-refractivity contribution in [3.63, 3.8) is 0 Å². The Balaban J connectivity index is 1.87. The second kappa shape index (κ2) is 13.9. The van der Waals surface area contributed by atoms with Crippen molar-refractivity contribution in [2.24, 2.45) is 0 Å². The molecule has 7 unspecified atom stereocenters. The minimum absolute atomic E-state index is 0.0419. The number of rotatable bonds is 13. The van der Waals surface area contributed by atoms with Crippen LogP contribution in [0, 0.1) is 0 Å². The highest BCUT2D eigenvalue weighted by molar-refractivity contribution is 5.44. The van der Waals surface area contributed by atoms with E-state index in [0.717, 1.165) is 5.56 Å². The normalized spacial score (nSPS) is 25.0. The van der Waals surface area contributed by atoms with E-state index < -0.39 is 49.5 Å². The van der Waals surface area contributed by atoms with Gasteiger partial charge in [0.15, 0.2) is 35.4 Å². The maximum Gasteiger partial charge on any atom is 0.186 e. The third kappa shape index (κ3) is 7.04. The number of phenols is 1. The van der Waals surface area contributed by atoms with Gasteiger partial charge in [0.05, 0.1) is 27.4 Å². The maximum absolute atomic E-state index is 11.2. The molecule has 0 aliphatic carbocycles. The molecule has 0 bridgehead atoms. The van der Waals surface area contributed by atoms with Crippen molar-refractivity contribution in [2.75, 3.05) is 34.0 Å². The van der Waals surface area contributed by atoms with Crippen LogP contribution in [0.15, 0.2) is 36.4 Å². The summed E-state index contributed by atoms with van der Waals surface area (Å²) in [7, 11) is 2.82. The van der Waals surface area contributed by atoms with Crippen molar-refractivity contribution in [3.05, 3.63) is 47.5 Å². The molecule has 7 N–H and O–H groups in total. The average Bonchev–Trinajstić information content (AvgIpc) is 2.93. The average molecular weight is 541 g/mol. The van der Waals surface area contributed by atoms with Gasteiger partial charge in [-0.3, -0.25) is 0 Å². The van der Waals surface area contributed by atoms with Crippen LogP contribution in [0.3, 0.4) is 0 Å². The van der Waals surface area contributed by atoms with Crippen LogP contribution in [0.4, 0.5) is 0 Å². The molecule has 0 radical (unpaired) electrons. The van der Waals surface area contributed by atoms with Crippen LogP contribution in [-0.2, 0) is 15.9 Å². The third-order valence-corrected chi connectivity index (χ3v) is 6.30. The number of phenolic OH excluding ortho intramolecular Hbond substituents is 1. The van der Waals surface area contributed by atoms with Gasteiger partial charge in [0.2, 0.25) is 0 Å². The molecule has 1 aliphatic rings. The van der Waals surface area contributed by atoms with Gasteiger partial charge in [0.1, 0.15) is 30.5 Å². The Morgan fingerprint density at radius 2 is 1.63 bits per heavy atom. The van der Waals surface area contributed by atoms with E-state index in [1.807, 2.05) is 0 Å². The summed E-state index contributed by atoms with van der Waals surface area (Å²) in [5.41, 5.74) is 1.22. The Morgan fingerprint density at radius 1 is 0.895 bits per heavy atom. The topological polar surface area (TPSA) is 188 Å². The largest absolute Gasteiger partial charge is 0.504 e. The standard InChI is InChI=1S/C26H36O12/c1-34-18-11-15(6-7-16(18)29)22(30)21(13-36-26-25(33)24(32)23(31)20(12-28)38-26)37-17-8-5-14(4-3-9-27)10-19(17)35-2/h5-8,10-11,20-33H,3-4,9,12-13H2,1-2H3. The summed E-state index contributed by atoms with van der Waals surface area (Å²) in [6, 6.07) is 9.44. The molecule has 12 heteroatoms. The van der Waals surface area contributed by atoms with Crippen LogP contribution in [0.1, 0.15) is 23.7 Å². The third-order valence-electron chi connectivity index (χ3n) is 6.30. The van der Waals surface area contributed by atoms with Gasteiger partial charge in [0, 0.05) is 6.61 Å². The molecular weight excluding hydrogens is 504 g/mol. The number of hydrogen-bond donors (Lipinski definition) is 7. The lowest BCUT2D eigenvalue weighted by molar-refractivity contribution is -0.305. The van der Waals surface area contributed by atoms with Crippen LogP contribution < -0.4 is 14.2 Å². The molecule has 0 spiro atoms. The van der Waals surface area contributed by atoms with Gasteiger partial charge in [-0.25, -0.2) is 0 Å². The summed E-state index contributed by atoms with van der Waals surface area (Å²) in [5, 5.41) is 70.1. The number of methoxy groups -OCH3 is 2. The van der Waals surface area contributed by atoms with E-state index in [0.29, 0.717) is 24.2 Å². The first-order valence-electron chi connectivity index (χ1n) is 12.2. The zero-order chi connectivity index (χ0) is 27.8. The highest BCUT2D eigenvalue weighted by atomic mass is 16.7. The first kappa shape index (κ1) is 29.9. The molecule has 212 valence electrons. The minimum atomic E-state index is -1.64. The molecule has 1 aliphatic heterocycles. The maximum atomic E-state index is 11.2. The molecule has 1 heterocycles. The van der Waals surface area contributed by atoms with Crippen molar-refractivity contribution < 1.29 is 59.4 Å². The van der Waals surface area contributed by atoms with E-state index in [-0.39, 0.29) is 30.5 Å². The number of aliphatic hydroxyl groups is 6. The first-order valence-corrected chi connectivity index (χ1v) is 12.2. The van der Waals surface area contributed by atoms with Gasteiger partial charge in [-0.15, -0.1) is 0 Å². The Hall–Kier alpha value is -2.68. The molecule has 2 aromatic rings. The Morgan fingerprint density at radius 3 is 2.29 bits per heavy atom. The predicted molar refractivity (Wildman–Crippen MR) is 132 cm³/mol. The van der Waals surface area contributed by atoms with Gasteiger partial charge in [-0.2, -0.15) is 0 Å². The SMILES string of the molecule is COc1cc(C(O)C(COC2OC(CO)C(O)C(O)C2O)Oc2ccc(CCCO)cc2OC)ccc1O. The van der Waals surface area contributed by atoms with Crippen LogP contribution in [-0.4, -0.2) is 107 Å². The van der Waals surface area contributed by atoms with Crippen molar-refractivity contribution in [2.45, 2.75) is 55.8 Å². The number of hydrogen-bond acceptors (Lipinski definition) is 12. The molecule has 0 aromatic heterocycles. The lowest BCUT2D eigenvalue weighted by Crippen LogP contribution is -2.59. The molecule has 0 saturated carbocycles. The van der Waals surface area contributed by atoms with Gasteiger partial charge >= 0.3 is 0 Å². The summed E-state index contributed by atoms with van der Waals surface area (Å²) in [5.74, 6) is 0.640. The summed E-state index contributed by atoms with van der Waals surface area (Å²) >= 11 is 0. The Labute approximate surface area is 220 Å². The number of benzene rings is 2. The lowest BCUT2D eigenvalue weighted by atomic mass is 9.99. The minimum Gasteiger partial charge on any atom is -0.504 e. The van der Waals surface area contributed by atoms with Gasteiger partial charge in [0.25, 0.3) is 0 Å². The molecule has 12 nitrogen and oxygen atoms in total. The van der Waals surface area contributed by atoms with E-state index in [9.17, 15) is 30.6 Å². The highest BCUT2D eigenvalue weighted by Crippen LogP contribution is 2.35. The molecule has 2 aromatic carbocycles. The fourth-order valence-corrected chi connectivity index (χ4v) is 4.09. The first-order chi connectivity index (χ1) is 18.2. The fraction of sp³-hybridized carbons (Fsp3) is 0.538. The van der Waals surface area contributed by atoms with Crippen LogP contribution in [0.2, 0.25) is 0 Å². The van der Waals surface area contributed by atoms with E-state index in [1.165, 1.54) is 32.4 Å². The van der Waals surface area contributed by atoms with Gasteiger partial charge < -0.3 is 59.4 Å². The van der Waals surface area contributed by atoms with E-state index in [2.05, 4.69) is 0 Å². The zero-order valence-electron chi connectivity index (χ0n) is 21.2. The predicted octanol–water partition coefficient (Wildman–Crippen LogP) is -0.368. The molecule has 3 rings (SSSR count). The molecule has 1 saturated heterocycles. The zero-order valence-corrected chi connectivity index (χ0v) is 21.2. The monoisotopic (exact) mass is 540 g/mol. The highest BCUT2D eigenvalue weighted by Gasteiger charge is 2.44. The summed E-state index contributed by atoms with van der Waals surface area (Å²) in [6.07, 6.45) is -8.72. The number of aliphatic hydroxyl groups excluding tert-OH is 6. The van der Waals surface area contributed by atoms with E-state index >= 15 is 0 Å². The number of aromatic hydroxyl groups is 1. The number of aryl methyl sites for hydroxylation is 1. The van der Waals surface area contributed by atoms with E-state index in [4.69, 9.17) is 28.8 Å². The molecule has 0 amide bonds. The van der Waals surface area contributed by atoms with Crippen molar-refractivity contribution in [3.8, 4) is 23.0 Å². The summed E-state index contributed by atoms with van der Waals surface area (Å²) in [6.45, 7) is -0.955. The van der Waals surface area contributed by atoms with Crippen molar-refractivity contribution >= 4 is 0 Å². The second-order valence-corrected chi connectivity index (χ2v) is 8.88. The molecule has 38 heavy (non-hydrogen) atoms. The Bertz CT molecular complexity index is 1020. The fourth-order valence-electron chi connectivity index (χ4n) is 4.09. The van der Waals surface area contributed by atoms with Crippen LogP contribution >= 0.6 is 0 Å². The smallest absolute Gasteiger partial charge is 0.186 e. The molecular formula is C26H36O12. The van der Waals surface area contributed by atoms with Crippen molar-refractivity contribution in [1.29, 1.82) is 0 Å². The van der Waals surface area contributed by atoms with E-state index in [1.54, 1.807) is 18.2 Å². The van der Waals surface area contributed by atoms with Crippen LogP contribution in [0.5, 0.6) is 23.0 Å². The number of ether oxygens (including phenoxy) is 5. The van der Waals surface area contributed by atoms with Crippen molar-refractivity contribution in [1.82, 2.24) is 0 Å². The molecule has 1 fully saturated rings. The quantitative estimate of drug-likeness (QED) is 0.175. The van der Waals surface area contributed by atoms with Gasteiger partial charge in [-0.1, -0.05) is 12.1 Å².